The van der Waals surface area contributed by atoms with Crippen LogP contribution in [0.4, 0.5) is 0 Å². The van der Waals surface area contributed by atoms with Crippen molar-refractivity contribution in [3.8, 4) is 0 Å². The van der Waals surface area contributed by atoms with Gasteiger partial charge in [-0.1, -0.05) is 30.7 Å². The van der Waals surface area contributed by atoms with E-state index in [9.17, 15) is 9.00 Å². The van der Waals surface area contributed by atoms with Gasteiger partial charge in [-0.05, 0) is 30.8 Å². The van der Waals surface area contributed by atoms with Crippen molar-refractivity contribution >= 4 is 28.3 Å². The molecule has 1 aliphatic heterocycles. The van der Waals surface area contributed by atoms with Gasteiger partial charge >= 0.3 is 0 Å². The molecule has 0 aliphatic carbocycles. The largest absolute Gasteiger partial charge is 0.455 e. The minimum atomic E-state index is -1.31. The zero-order valence-electron chi connectivity index (χ0n) is 14.1. The van der Waals surface area contributed by atoms with Crippen LogP contribution in [0.15, 0.2) is 45.7 Å². The summed E-state index contributed by atoms with van der Waals surface area (Å²) in [6.45, 7) is 6.29. The van der Waals surface area contributed by atoms with Gasteiger partial charge in [-0.3, -0.25) is 9.00 Å². The zero-order chi connectivity index (χ0) is 17.8. The van der Waals surface area contributed by atoms with Gasteiger partial charge in [-0.2, -0.15) is 0 Å². The smallest absolute Gasteiger partial charge is 0.289 e. The number of furan rings is 1. The van der Waals surface area contributed by atoms with Crippen LogP contribution in [0.3, 0.4) is 0 Å². The number of carbonyl (C=O) groups is 1. The Balaban J connectivity index is 1.63. The van der Waals surface area contributed by atoms with E-state index >= 15 is 0 Å². The van der Waals surface area contributed by atoms with Crippen LogP contribution in [0.5, 0.6) is 0 Å². The summed E-state index contributed by atoms with van der Waals surface area (Å²) in [7, 11) is -1.31. The number of hydrogen-bond acceptors (Lipinski definition) is 4. The summed E-state index contributed by atoms with van der Waals surface area (Å²) < 4.78 is 18.1. The molecule has 0 spiro atoms. The summed E-state index contributed by atoms with van der Waals surface area (Å²) in [6, 6.07) is 10.4. The predicted molar refractivity (Wildman–Crippen MR) is 98.3 cm³/mol. The Morgan fingerprint density at radius 2 is 1.88 bits per heavy atom. The average Bonchev–Trinajstić information content (AvgIpc) is 3.10. The van der Waals surface area contributed by atoms with Crippen LogP contribution in [0.1, 0.15) is 23.2 Å². The van der Waals surface area contributed by atoms with Gasteiger partial charge in [0.05, 0.1) is 26.5 Å². The van der Waals surface area contributed by atoms with E-state index in [1.807, 2.05) is 0 Å². The molecule has 0 bridgehead atoms. The van der Waals surface area contributed by atoms with Gasteiger partial charge in [0.25, 0.3) is 5.91 Å². The van der Waals surface area contributed by atoms with Crippen molar-refractivity contribution in [3.63, 3.8) is 0 Å². The lowest BCUT2D eigenvalue weighted by Gasteiger charge is -2.33. The van der Waals surface area contributed by atoms with Crippen molar-refractivity contribution in [2.45, 2.75) is 17.6 Å². The molecule has 1 fully saturated rings. The number of carbonyl (C=O) groups excluding carboxylic acids is 1. The third-order valence-electron chi connectivity index (χ3n) is 4.33. The van der Waals surface area contributed by atoms with Crippen LogP contribution in [0, 0.1) is 0 Å². The number of benzene rings is 1. The Hall–Kier alpha value is -1.63. The summed E-state index contributed by atoms with van der Waals surface area (Å²) >= 11 is 6.08. The number of amides is 1. The van der Waals surface area contributed by atoms with Crippen LogP contribution in [-0.4, -0.2) is 52.6 Å². The average molecular weight is 381 g/mol. The maximum absolute atomic E-state index is 12.5. The van der Waals surface area contributed by atoms with Crippen LogP contribution in [-0.2, 0) is 16.6 Å². The van der Waals surface area contributed by atoms with Crippen molar-refractivity contribution in [3.05, 3.63) is 52.9 Å². The second kappa shape index (κ2) is 8.17. The van der Waals surface area contributed by atoms with Gasteiger partial charge in [-0.15, -0.1) is 0 Å². The lowest BCUT2D eigenvalue weighted by atomic mass is 10.3. The SMILES string of the molecule is CCN1CCN(C(=O)c2ccc(C[S@@](=O)c3ccccc3Cl)o2)CC1. The van der Waals surface area contributed by atoms with E-state index in [4.69, 9.17) is 16.0 Å². The fourth-order valence-corrected chi connectivity index (χ4v) is 4.31. The molecule has 0 radical (unpaired) electrons. The molecular weight excluding hydrogens is 360 g/mol. The number of piperazine rings is 1. The maximum Gasteiger partial charge on any atom is 0.289 e. The van der Waals surface area contributed by atoms with Crippen LogP contribution < -0.4 is 0 Å². The highest BCUT2D eigenvalue weighted by molar-refractivity contribution is 7.84. The first kappa shape index (κ1) is 18.2. The first-order chi connectivity index (χ1) is 12.1. The topological polar surface area (TPSA) is 53.8 Å². The van der Waals surface area contributed by atoms with Gasteiger partial charge in [-0.25, -0.2) is 0 Å². The third kappa shape index (κ3) is 4.32. The lowest BCUT2D eigenvalue weighted by molar-refractivity contribution is 0.0611. The van der Waals surface area contributed by atoms with E-state index < -0.39 is 10.8 Å². The quantitative estimate of drug-likeness (QED) is 0.800. The molecule has 2 aromatic rings. The van der Waals surface area contributed by atoms with E-state index in [2.05, 4.69) is 11.8 Å². The highest BCUT2D eigenvalue weighted by Gasteiger charge is 2.24. The molecule has 3 rings (SSSR count). The summed E-state index contributed by atoms with van der Waals surface area (Å²) in [5, 5.41) is 0.470. The monoisotopic (exact) mass is 380 g/mol. The summed E-state index contributed by atoms with van der Waals surface area (Å²) in [6.07, 6.45) is 0. The normalized spacial score (nSPS) is 16.8. The molecule has 25 heavy (non-hydrogen) atoms. The molecule has 1 saturated heterocycles. The molecule has 0 unspecified atom stereocenters. The molecule has 0 N–H and O–H groups in total. The Morgan fingerprint density at radius 3 is 2.56 bits per heavy atom. The number of halogens is 1. The molecule has 5 nitrogen and oxygen atoms in total. The van der Waals surface area contributed by atoms with Gasteiger partial charge in [0.2, 0.25) is 0 Å². The third-order valence-corrected chi connectivity index (χ3v) is 6.17. The first-order valence-electron chi connectivity index (χ1n) is 8.31. The van der Waals surface area contributed by atoms with Crippen molar-refractivity contribution < 1.29 is 13.4 Å². The minimum absolute atomic E-state index is 0.106. The van der Waals surface area contributed by atoms with Crippen molar-refractivity contribution in [2.24, 2.45) is 0 Å². The Bertz CT molecular complexity index is 769. The molecule has 0 saturated carbocycles. The fraction of sp³-hybridized carbons (Fsp3) is 0.389. The minimum Gasteiger partial charge on any atom is -0.455 e. The number of hydrogen-bond donors (Lipinski definition) is 0. The molecule has 7 heteroatoms. The van der Waals surface area contributed by atoms with Gasteiger partial charge in [0.1, 0.15) is 5.76 Å². The Labute approximate surface area is 155 Å². The Morgan fingerprint density at radius 1 is 1.16 bits per heavy atom. The standard InChI is InChI=1S/C18H21ClN2O3S/c1-2-20-9-11-21(12-10-20)18(22)16-8-7-14(24-16)13-25(23)17-6-4-3-5-15(17)19/h3-8H,2,9-13H2,1H3/t25-/m1/s1. The number of likely N-dealkylation sites (N-methyl/N-ethyl adjacent to an activating group) is 1. The molecule has 1 amide bonds. The van der Waals surface area contributed by atoms with E-state index in [0.717, 1.165) is 19.6 Å². The van der Waals surface area contributed by atoms with Gasteiger partial charge < -0.3 is 14.2 Å². The number of nitrogens with zero attached hydrogens (tertiary/aromatic N) is 2. The van der Waals surface area contributed by atoms with E-state index in [0.29, 0.717) is 34.5 Å². The molecule has 134 valence electrons. The fourth-order valence-electron chi connectivity index (χ4n) is 2.83. The lowest BCUT2D eigenvalue weighted by Crippen LogP contribution is -2.48. The van der Waals surface area contributed by atoms with Crippen molar-refractivity contribution in [1.29, 1.82) is 0 Å². The van der Waals surface area contributed by atoms with Crippen LogP contribution >= 0.6 is 11.6 Å². The Kier molecular flexibility index (Phi) is 5.93. The second-order valence-electron chi connectivity index (χ2n) is 5.91. The van der Waals surface area contributed by atoms with Crippen LogP contribution in [0.25, 0.3) is 0 Å². The first-order valence-corrected chi connectivity index (χ1v) is 10.0. The van der Waals surface area contributed by atoms with Crippen LogP contribution in [0.2, 0.25) is 5.02 Å². The highest BCUT2D eigenvalue weighted by Crippen LogP contribution is 2.22. The predicted octanol–water partition coefficient (Wildman–Crippen LogP) is 3.02. The van der Waals surface area contributed by atoms with E-state index in [1.54, 1.807) is 41.3 Å². The highest BCUT2D eigenvalue weighted by atomic mass is 35.5. The molecule has 2 heterocycles. The summed E-state index contributed by atoms with van der Waals surface area (Å²) in [5.41, 5.74) is 0. The second-order valence-corrected chi connectivity index (χ2v) is 7.74. The summed E-state index contributed by atoms with van der Waals surface area (Å²) in [4.78, 5) is 17.2. The maximum atomic E-state index is 12.5. The number of rotatable bonds is 5. The molecule has 1 aliphatic rings. The van der Waals surface area contributed by atoms with Crippen molar-refractivity contribution in [2.75, 3.05) is 32.7 Å². The molecule has 1 aromatic heterocycles. The zero-order valence-corrected chi connectivity index (χ0v) is 15.7. The van der Waals surface area contributed by atoms with E-state index in [1.165, 1.54) is 0 Å². The van der Waals surface area contributed by atoms with Crippen molar-refractivity contribution in [1.82, 2.24) is 9.80 Å². The molecule has 1 aromatic carbocycles. The van der Waals surface area contributed by atoms with E-state index in [-0.39, 0.29) is 11.7 Å². The molecule has 1 atom stereocenters. The molecular formula is C18H21ClN2O3S. The van der Waals surface area contributed by atoms with Gasteiger partial charge in [0.15, 0.2) is 5.76 Å². The summed E-state index contributed by atoms with van der Waals surface area (Å²) in [5.74, 6) is 0.913. The van der Waals surface area contributed by atoms with Gasteiger partial charge in [0, 0.05) is 26.2 Å².